The third-order valence-electron chi connectivity index (χ3n) is 1.38. The number of hydrogen-bond acceptors (Lipinski definition) is 7. The molecule has 7 N–H and O–H groups in total. The van der Waals surface area contributed by atoms with Gasteiger partial charge in [0.25, 0.3) is 0 Å². The Kier molecular flexibility index (Phi) is 10.7. The number of carbonyl (C=O) groups excluding carboxylic acids is 1. The first-order valence-electron chi connectivity index (χ1n) is 3.33. The van der Waals surface area contributed by atoms with E-state index in [0.717, 1.165) is 0 Å². The van der Waals surface area contributed by atoms with Crippen LogP contribution in [0.1, 0.15) is 12.8 Å². The second kappa shape index (κ2) is 8.34. The summed E-state index contributed by atoms with van der Waals surface area (Å²) >= 11 is 0. The van der Waals surface area contributed by atoms with Crippen LogP contribution in [0.2, 0.25) is 0 Å². The van der Waals surface area contributed by atoms with Crippen molar-refractivity contribution in [3.63, 3.8) is 0 Å². The van der Waals surface area contributed by atoms with Gasteiger partial charge in [-0.3, -0.25) is 4.79 Å². The average Bonchev–Trinajstić information content (AvgIpc) is 2.02. The van der Waals surface area contributed by atoms with Crippen molar-refractivity contribution < 1.29 is 66.1 Å². The van der Waals surface area contributed by atoms with Gasteiger partial charge in [0.05, 0.1) is 12.8 Å². The second-order valence-corrected chi connectivity index (χ2v) is 2.55. The minimum atomic E-state index is -2.77. The van der Waals surface area contributed by atoms with Gasteiger partial charge in [0.15, 0.2) is 5.60 Å². The Balaban J connectivity index is -0.000000845. The third-order valence-corrected chi connectivity index (χ3v) is 1.38. The molecule has 0 bridgehead atoms. The number of carboxylic acids is 2. The van der Waals surface area contributed by atoms with E-state index in [1.165, 1.54) is 0 Å². The minimum Gasteiger partial charge on any atom is -0.481 e. The maximum atomic E-state index is 10.4. The van der Waals surface area contributed by atoms with Crippen molar-refractivity contribution in [3.8, 4) is 0 Å². The Bertz CT molecular complexity index is 269. The van der Waals surface area contributed by atoms with Crippen molar-refractivity contribution in [2.45, 2.75) is 18.4 Å². The predicted octanol–water partition coefficient (Wildman–Crippen LogP) is -1.16. The van der Waals surface area contributed by atoms with Crippen LogP contribution in [0.4, 0.5) is 0 Å². The summed E-state index contributed by atoms with van der Waals surface area (Å²) in [6.07, 6.45) is -2.32. The van der Waals surface area contributed by atoms with Crippen LogP contribution in [0.15, 0.2) is 0 Å². The first-order valence-corrected chi connectivity index (χ1v) is 3.33. The molecule has 0 aliphatic rings. The van der Waals surface area contributed by atoms with E-state index in [1.807, 2.05) is 0 Å². The topological polar surface area (TPSA) is 176 Å². The van der Waals surface area contributed by atoms with Crippen LogP contribution in [0, 0.1) is 0 Å². The van der Waals surface area contributed by atoms with Crippen LogP contribution in [-0.4, -0.2) is 44.1 Å². The van der Waals surface area contributed by atoms with Gasteiger partial charge in [-0.1, -0.05) is 0 Å². The van der Waals surface area contributed by atoms with Crippen molar-refractivity contribution in [1.82, 2.24) is 6.15 Å². The molecule has 9 nitrogen and oxygen atoms in total. The molecule has 1 unspecified atom stereocenters. The van der Waals surface area contributed by atoms with E-state index < -0.39 is 36.4 Å². The summed E-state index contributed by atoms with van der Waals surface area (Å²) in [5.74, 6) is -4.91. The molecule has 0 saturated heterocycles. The zero-order valence-electron chi connectivity index (χ0n) is 8.04. The monoisotopic (exact) mass is 315 g/mol. The molecule has 0 amide bonds. The van der Waals surface area contributed by atoms with Crippen molar-refractivity contribution in [2.24, 2.45) is 0 Å². The molecular weight excluding hydrogens is 305 g/mol. The van der Waals surface area contributed by atoms with Crippen LogP contribution in [-0.2, 0) is 45.5 Å². The van der Waals surface area contributed by atoms with Gasteiger partial charge in [-0.25, -0.2) is 9.59 Å². The Morgan fingerprint density at radius 2 is 1.56 bits per heavy atom. The first-order chi connectivity index (χ1) is 6.31. The van der Waals surface area contributed by atoms with E-state index >= 15 is 0 Å². The molecule has 1 atom stereocenters. The quantitative estimate of drug-likeness (QED) is 0.309. The number of carbonyl (C=O) groups is 3. The SMILES string of the molecule is N.O=C(O)CC(O)(CC(=O)OO)C(=O)O.[Zr]. The third kappa shape index (κ3) is 6.62. The summed E-state index contributed by atoms with van der Waals surface area (Å²) in [6.45, 7) is 0. The van der Waals surface area contributed by atoms with E-state index in [-0.39, 0.29) is 32.4 Å². The molecule has 0 aliphatic heterocycles. The molecule has 0 aromatic carbocycles. The van der Waals surface area contributed by atoms with E-state index in [9.17, 15) is 14.4 Å². The molecule has 0 radical (unpaired) electrons. The number of rotatable bonds is 5. The maximum absolute atomic E-state index is 10.4. The van der Waals surface area contributed by atoms with Gasteiger partial charge in [0.1, 0.15) is 0 Å². The summed E-state index contributed by atoms with van der Waals surface area (Å²) in [5, 5.41) is 33.6. The van der Waals surface area contributed by atoms with Crippen LogP contribution >= 0.6 is 0 Å². The molecule has 0 aromatic heterocycles. The van der Waals surface area contributed by atoms with Crippen LogP contribution in [0.3, 0.4) is 0 Å². The van der Waals surface area contributed by atoms with Gasteiger partial charge in [-0.15, -0.1) is 0 Å². The van der Waals surface area contributed by atoms with Gasteiger partial charge in [0.2, 0.25) is 0 Å². The molecule has 0 spiro atoms. The normalized spacial score (nSPS) is 12.4. The number of aliphatic carboxylic acids is 2. The fraction of sp³-hybridized carbons (Fsp3) is 0.500. The zero-order valence-corrected chi connectivity index (χ0v) is 10.5. The summed E-state index contributed by atoms with van der Waals surface area (Å²) in [7, 11) is 0. The van der Waals surface area contributed by atoms with Gasteiger partial charge in [-0.2, -0.15) is 5.26 Å². The van der Waals surface area contributed by atoms with E-state index in [4.69, 9.17) is 20.6 Å². The second-order valence-electron chi connectivity index (χ2n) is 2.55. The maximum Gasteiger partial charge on any atom is 0.345 e. The summed E-state index contributed by atoms with van der Waals surface area (Å²) in [4.78, 5) is 34.1. The van der Waals surface area contributed by atoms with E-state index in [2.05, 4.69) is 4.89 Å². The Labute approximate surface area is 109 Å². The molecule has 0 heterocycles. The molecule has 16 heavy (non-hydrogen) atoms. The Hall–Kier alpha value is -0.827. The molecule has 10 heteroatoms. The Morgan fingerprint density at radius 3 is 1.81 bits per heavy atom. The van der Waals surface area contributed by atoms with Gasteiger partial charge in [0, 0.05) is 26.2 Å². The largest absolute Gasteiger partial charge is 0.481 e. The standard InChI is InChI=1S/C6H8O8.H3N.Zr/c7-3(8)1-6(12,5(10)11)2-4(9)14-13;;/h12-13H,1-2H2,(H,7,8)(H,10,11);1H3;. The fourth-order valence-electron chi connectivity index (χ4n) is 0.735. The van der Waals surface area contributed by atoms with Crippen molar-refractivity contribution in [1.29, 1.82) is 0 Å². The Morgan fingerprint density at radius 1 is 1.12 bits per heavy atom. The van der Waals surface area contributed by atoms with Crippen molar-refractivity contribution >= 4 is 17.9 Å². The molecule has 0 aliphatic carbocycles. The fourth-order valence-corrected chi connectivity index (χ4v) is 0.735. The molecular formula is C6H11NO8Zr. The molecule has 0 rings (SSSR count). The average molecular weight is 316 g/mol. The van der Waals surface area contributed by atoms with Gasteiger partial charge in [-0.05, 0) is 0 Å². The number of carboxylic acid groups (broad SMARTS) is 2. The zero-order chi connectivity index (χ0) is 11.4. The van der Waals surface area contributed by atoms with Crippen molar-refractivity contribution in [3.05, 3.63) is 0 Å². The molecule has 0 aromatic rings. The molecule has 0 fully saturated rings. The summed E-state index contributed by atoms with van der Waals surface area (Å²) in [6, 6.07) is 0. The van der Waals surface area contributed by atoms with Crippen LogP contribution in [0.25, 0.3) is 0 Å². The number of aliphatic hydroxyl groups is 1. The van der Waals surface area contributed by atoms with E-state index in [0.29, 0.717) is 0 Å². The molecule has 92 valence electrons. The van der Waals surface area contributed by atoms with Gasteiger partial charge >= 0.3 is 17.9 Å². The van der Waals surface area contributed by atoms with E-state index in [1.54, 1.807) is 0 Å². The van der Waals surface area contributed by atoms with Crippen molar-refractivity contribution in [2.75, 3.05) is 0 Å². The van der Waals surface area contributed by atoms with Gasteiger partial charge < -0.3 is 26.4 Å². The summed E-state index contributed by atoms with van der Waals surface area (Å²) < 4.78 is 0. The molecule has 0 saturated carbocycles. The minimum absolute atomic E-state index is 0. The predicted molar refractivity (Wildman–Crippen MR) is 43.2 cm³/mol. The first kappa shape index (κ1) is 20.6. The summed E-state index contributed by atoms with van der Waals surface area (Å²) in [5.41, 5.74) is -2.77. The number of hydrogen-bond donors (Lipinski definition) is 5. The smallest absolute Gasteiger partial charge is 0.345 e. The van der Waals surface area contributed by atoms with Crippen LogP contribution in [0.5, 0.6) is 0 Å². The van der Waals surface area contributed by atoms with Crippen LogP contribution < -0.4 is 6.15 Å².